The zero-order valence-corrected chi connectivity index (χ0v) is 15.8. The van der Waals surface area contributed by atoms with Crippen molar-refractivity contribution in [2.45, 2.75) is 32.7 Å². The molecular weight excluding hydrogens is 342 g/mol. The van der Waals surface area contributed by atoms with Gasteiger partial charge in [-0.1, -0.05) is 45.0 Å². The minimum absolute atomic E-state index is 0.0649. The van der Waals surface area contributed by atoms with Crippen molar-refractivity contribution in [2.24, 2.45) is 7.05 Å². The molecule has 136 valence electrons. The van der Waals surface area contributed by atoms with Gasteiger partial charge < -0.3 is 9.50 Å². The van der Waals surface area contributed by atoms with Crippen LogP contribution in [0.5, 0.6) is 5.88 Å². The first-order valence-corrected chi connectivity index (χ1v) is 9.58. The fraction of sp³-hybridized carbons (Fsp3) is 0.412. The van der Waals surface area contributed by atoms with Crippen molar-refractivity contribution in [1.82, 2.24) is 15.1 Å². The van der Waals surface area contributed by atoms with E-state index in [4.69, 9.17) is 4.18 Å². The Kier molecular flexibility index (Phi) is 5.22. The summed E-state index contributed by atoms with van der Waals surface area (Å²) in [6.07, 6.45) is 2.32. The molecule has 0 atom stereocenters. The Labute approximate surface area is 148 Å². The van der Waals surface area contributed by atoms with Crippen molar-refractivity contribution >= 4 is 16.0 Å². The maximum atomic E-state index is 12.3. The van der Waals surface area contributed by atoms with Crippen LogP contribution in [0.1, 0.15) is 42.3 Å². The molecule has 0 bridgehead atoms. The summed E-state index contributed by atoms with van der Waals surface area (Å²) in [5.41, 5.74) is 2.28. The van der Waals surface area contributed by atoms with Gasteiger partial charge in [-0.2, -0.15) is 8.42 Å². The summed E-state index contributed by atoms with van der Waals surface area (Å²) in [6, 6.07) is 7.98. The van der Waals surface area contributed by atoms with E-state index >= 15 is 0 Å². The molecule has 0 radical (unpaired) electrons. The van der Waals surface area contributed by atoms with Crippen LogP contribution in [0.3, 0.4) is 0 Å². The number of hydrogen-bond donors (Lipinski definition) is 1. The van der Waals surface area contributed by atoms with Crippen LogP contribution in [0.4, 0.5) is 0 Å². The number of amides is 1. The molecule has 0 saturated heterocycles. The fourth-order valence-electron chi connectivity index (χ4n) is 2.23. The van der Waals surface area contributed by atoms with Gasteiger partial charge in [-0.25, -0.2) is 0 Å². The predicted molar refractivity (Wildman–Crippen MR) is 95.0 cm³/mol. The number of rotatable bonds is 5. The lowest BCUT2D eigenvalue weighted by molar-refractivity contribution is 0.0949. The first-order valence-electron chi connectivity index (χ1n) is 7.76. The van der Waals surface area contributed by atoms with Gasteiger partial charge in [0.25, 0.3) is 11.8 Å². The van der Waals surface area contributed by atoms with Crippen LogP contribution >= 0.6 is 0 Å². The van der Waals surface area contributed by atoms with Crippen LogP contribution in [-0.4, -0.2) is 30.4 Å². The molecule has 0 saturated carbocycles. The largest absolute Gasteiger partial charge is 0.359 e. The van der Waals surface area contributed by atoms with Gasteiger partial charge in [-0.15, -0.1) is 5.10 Å². The Bertz CT molecular complexity index is 862. The van der Waals surface area contributed by atoms with E-state index in [-0.39, 0.29) is 16.9 Å². The van der Waals surface area contributed by atoms with Gasteiger partial charge in [-0.3, -0.25) is 9.48 Å². The lowest BCUT2D eigenvalue weighted by Crippen LogP contribution is -2.23. The average Bonchev–Trinajstić information content (AvgIpc) is 2.83. The summed E-state index contributed by atoms with van der Waals surface area (Å²) in [5, 5.41) is 6.61. The third-order valence-electron chi connectivity index (χ3n) is 3.54. The molecule has 2 aromatic rings. The molecule has 7 nitrogen and oxygen atoms in total. The number of aromatic nitrogens is 2. The van der Waals surface area contributed by atoms with E-state index in [1.54, 1.807) is 7.05 Å². The molecule has 0 unspecified atom stereocenters. The predicted octanol–water partition coefficient (Wildman–Crippen LogP) is 1.99. The average molecular weight is 365 g/mol. The molecule has 0 aliphatic heterocycles. The highest BCUT2D eigenvalue weighted by molar-refractivity contribution is 7.86. The van der Waals surface area contributed by atoms with Crippen LogP contribution in [0.25, 0.3) is 0 Å². The molecular formula is C17H23N3O4S. The maximum absolute atomic E-state index is 12.3. The molecule has 1 aromatic carbocycles. The van der Waals surface area contributed by atoms with Crippen LogP contribution in [0.2, 0.25) is 0 Å². The van der Waals surface area contributed by atoms with Crippen LogP contribution in [0.15, 0.2) is 30.5 Å². The summed E-state index contributed by atoms with van der Waals surface area (Å²) < 4.78 is 28.6. The van der Waals surface area contributed by atoms with E-state index in [1.807, 2.05) is 24.3 Å². The third kappa shape index (κ3) is 5.32. The minimum atomic E-state index is -3.76. The van der Waals surface area contributed by atoms with Crippen molar-refractivity contribution in [3.63, 3.8) is 0 Å². The summed E-state index contributed by atoms with van der Waals surface area (Å²) in [5.74, 6) is -0.683. The number of carbonyl (C=O) groups is 1. The third-order valence-corrected chi connectivity index (χ3v) is 4.00. The highest BCUT2D eigenvalue weighted by atomic mass is 32.2. The Morgan fingerprint density at radius 2 is 1.84 bits per heavy atom. The molecule has 1 amide bonds. The second kappa shape index (κ2) is 6.87. The van der Waals surface area contributed by atoms with Crippen LogP contribution < -0.4 is 9.50 Å². The molecule has 2 rings (SSSR count). The first kappa shape index (κ1) is 19.0. The molecule has 0 aliphatic carbocycles. The minimum Gasteiger partial charge on any atom is -0.359 e. The summed E-state index contributed by atoms with van der Waals surface area (Å²) in [4.78, 5) is 12.3. The normalized spacial score (nSPS) is 12.0. The SMILES string of the molecule is Cn1cc(C(=O)NCc2ccc(C(C)(C)C)cc2)c(OS(C)(=O)=O)n1. The molecule has 25 heavy (non-hydrogen) atoms. The Hall–Kier alpha value is -2.35. The second-order valence-corrected chi connectivity index (χ2v) is 8.51. The maximum Gasteiger partial charge on any atom is 0.307 e. The second-order valence-electron chi connectivity index (χ2n) is 6.94. The summed E-state index contributed by atoms with van der Waals surface area (Å²) >= 11 is 0. The number of hydrogen-bond acceptors (Lipinski definition) is 5. The molecule has 1 aromatic heterocycles. The van der Waals surface area contributed by atoms with Gasteiger partial charge in [0.05, 0.1) is 6.26 Å². The van der Waals surface area contributed by atoms with E-state index in [0.29, 0.717) is 6.54 Å². The van der Waals surface area contributed by atoms with E-state index in [1.165, 1.54) is 16.4 Å². The van der Waals surface area contributed by atoms with E-state index in [0.717, 1.165) is 11.8 Å². The number of benzene rings is 1. The van der Waals surface area contributed by atoms with E-state index in [2.05, 4.69) is 31.2 Å². The Morgan fingerprint density at radius 3 is 2.36 bits per heavy atom. The molecule has 8 heteroatoms. The van der Waals surface area contributed by atoms with Gasteiger partial charge in [0.1, 0.15) is 5.56 Å². The number of nitrogens with one attached hydrogen (secondary N) is 1. The number of aryl methyl sites for hydroxylation is 1. The number of nitrogens with zero attached hydrogens (tertiary/aromatic N) is 2. The zero-order chi connectivity index (χ0) is 18.8. The van der Waals surface area contributed by atoms with Gasteiger partial charge >= 0.3 is 10.1 Å². The van der Waals surface area contributed by atoms with Crippen LogP contribution in [0, 0.1) is 0 Å². The lowest BCUT2D eigenvalue weighted by atomic mass is 9.87. The van der Waals surface area contributed by atoms with Gasteiger partial charge in [0.15, 0.2) is 0 Å². The van der Waals surface area contributed by atoms with Crippen molar-refractivity contribution in [3.8, 4) is 5.88 Å². The highest BCUT2D eigenvalue weighted by Gasteiger charge is 2.20. The van der Waals surface area contributed by atoms with Gasteiger partial charge in [-0.05, 0) is 16.5 Å². The first-order chi connectivity index (χ1) is 11.5. The van der Waals surface area contributed by atoms with Crippen molar-refractivity contribution in [3.05, 3.63) is 47.2 Å². The van der Waals surface area contributed by atoms with Crippen molar-refractivity contribution < 1.29 is 17.4 Å². The number of carbonyl (C=O) groups excluding carboxylic acids is 1. The van der Waals surface area contributed by atoms with Gasteiger partial charge in [0, 0.05) is 19.8 Å². The monoisotopic (exact) mass is 365 g/mol. The molecule has 1 heterocycles. The van der Waals surface area contributed by atoms with E-state index in [9.17, 15) is 13.2 Å². The molecule has 0 aliphatic rings. The van der Waals surface area contributed by atoms with Crippen molar-refractivity contribution in [1.29, 1.82) is 0 Å². The molecule has 0 spiro atoms. The lowest BCUT2D eigenvalue weighted by Gasteiger charge is -2.19. The molecule has 0 fully saturated rings. The topological polar surface area (TPSA) is 90.3 Å². The van der Waals surface area contributed by atoms with Crippen molar-refractivity contribution in [2.75, 3.05) is 6.26 Å². The van der Waals surface area contributed by atoms with E-state index < -0.39 is 16.0 Å². The van der Waals surface area contributed by atoms with Crippen LogP contribution in [-0.2, 0) is 29.1 Å². The fourth-order valence-corrected chi connectivity index (χ4v) is 2.64. The standard InChI is InChI=1S/C17H23N3O4S/c1-17(2,3)13-8-6-12(7-9-13)10-18-15(21)14-11-20(4)19-16(14)24-25(5,22)23/h6-9,11H,10H2,1-5H3,(H,18,21). The molecule has 1 N–H and O–H groups in total. The van der Waals surface area contributed by atoms with Gasteiger partial charge in [0.2, 0.25) is 0 Å². The quantitative estimate of drug-likeness (QED) is 0.818. The smallest absolute Gasteiger partial charge is 0.307 e. The summed E-state index contributed by atoms with van der Waals surface area (Å²) in [6.45, 7) is 6.72. The summed E-state index contributed by atoms with van der Waals surface area (Å²) in [7, 11) is -2.18. The Balaban J connectivity index is 2.08. The highest BCUT2D eigenvalue weighted by Crippen LogP contribution is 2.22. The Morgan fingerprint density at radius 1 is 1.24 bits per heavy atom. The zero-order valence-electron chi connectivity index (χ0n) is 15.0.